The maximum atomic E-state index is 12.6. The van der Waals surface area contributed by atoms with Crippen LogP contribution in [0.3, 0.4) is 0 Å². The van der Waals surface area contributed by atoms with Crippen LogP contribution in [-0.2, 0) is 0 Å². The summed E-state index contributed by atoms with van der Waals surface area (Å²) in [5.41, 5.74) is 6.31. The minimum Gasteiger partial charge on any atom is -0.362 e. The van der Waals surface area contributed by atoms with Gasteiger partial charge in [-0.2, -0.15) is 0 Å². The molecule has 0 unspecified atom stereocenters. The van der Waals surface area contributed by atoms with E-state index in [1.807, 2.05) is 30.0 Å². The number of carbonyl (C=O) groups excluding carboxylic acids is 1. The zero-order chi connectivity index (χ0) is 14.0. The van der Waals surface area contributed by atoms with Gasteiger partial charge in [-0.05, 0) is 40.9 Å². The lowest BCUT2D eigenvalue weighted by molar-refractivity contribution is 0.0788. The van der Waals surface area contributed by atoms with Crippen molar-refractivity contribution in [3.8, 4) is 0 Å². The standard InChI is InChI=1S/C13H19BrN4O/c1-17(2)12-11(5-10(14)7-16-12)13(19)18-4-3-9(6-15)8-18/h5,7,9H,3-4,6,8,15H2,1-2H3/t9-/m0/s1. The Morgan fingerprint density at radius 3 is 2.95 bits per heavy atom. The highest BCUT2D eigenvalue weighted by Gasteiger charge is 2.28. The van der Waals surface area contributed by atoms with Crippen molar-refractivity contribution < 1.29 is 4.79 Å². The molecule has 1 atom stereocenters. The summed E-state index contributed by atoms with van der Waals surface area (Å²) in [6.45, 7) is 2.16. The second-order valence-electron chi connectivity index (χ2n) is 5.06. The number of nitrogens with zero attached hydrogens (tertiary/aromatic N) is 3. The number of halogens is 1. The van der Waals surface area contributed by atoms with E-state index in [1.165, 1.54) is 0 Å². The fourth-order valence-electron chi connectivity index (χ4n) is 2.33. The van der Waals surface area contributed by atoms with Gasteiger partial charge in [0.05, 0.1) is 5.56 Å². The van der Waals surface area contributed by atoms with E-state index in [0.717, 1.165) is 24.0 Å². The van der Waals surface area contributed by atoms with Gasteiger partial charge in [0.2, 0.25) is 0 Å². The average Bonchev–Trinajstić information content (AvgIpc) is 2.86. The van der Waals surface area contributed by atoms with E-state index >= 15 is 0 Å². The summed E-state index contributed by atoms with van der Waals surface area (Å²) in [6.07, 6.45) is 2.69. The fourth-order valence-corrected chi connectivity index (χ4v) is 2.66. The molecule has 0 spiro atoms. The molecule has 2 rings (SSSR count). The maximum absolute atomic E-state index is 12.6. The molecule has 0 saturated carbocycles. The molecule has 2 heterocycles. The molecule has 1 aliphatic rings. The van der Waals surface area contributed by atoms with Gasteiger partial charge in [-0.1, -0.05) is 0 Å². The summed E-state index contributed by atoms with van der Waals surface area (Å²) in [4.78, 5) is 20.6. The van der Waals surface area contributed by atoms with Crippen LogP contribution in [0.5, 0.6) is 0 Å². The number of likely N-dealkylation sites (tertiary alicyclic amines) is 1. The number of nitrogens with two attached hydrogens (primary N) is 1. The van der Waals surface area contributed by atoms with Gasteiger partial charge in [-0.3, -0.25) is 4.79 Å². The highest BCUT2D eigenvalue weighted by molar-refractivity contribution is 9.10. The zero-order valence-corrected chi connectivity index (χ0v) is 12.9. The molecule has 0 bridgehead atoms. The molecule has 1 saturated heterocycles. The van der Waals surface area contributed by atoms with Crippen molar-refractivity contribution in [3.63, 3.8) is 0 Å². The Labute approximate surface area is 121 Å². The predicted octanol–water partition coefficient (Wildman–Crippen LogP) is 1.33. The minimum atomic E-state index is 0.0356. The summed E-state index contributed by atoms with van der Waals surface area (Å²) >= 11 is 3.38. The molecule has 1 aliphatic heterocycles. The Bertz CT molecular complexity index is 478. The second-order valence-corrected chi connectivity index (χ2v) is 5.98. The van der Waals surface area contributed by atoms with Crippen LogP contribution in [-0.4, -0.2) is 49.5 Å². The van der Waals surface area contributed by atoms with Gasteiger partial charge in [-0.15, -0.1) is 0 Å². The average molecular weight is 327 g/mol. The monoisotopic (exact) mass is 326 g/mol. The van der Waals surface area contributed by atoms with Gasteiger partial charge in [0, 0.05) is 37.9 Å². The molecular formula is C13H19BrN4O. The van der Waals surface area contributed by atoms with Crippen molar-refractivity contribution in [2.45, 2.75) is 6.42 Å². The van der Waals surface area contributed by atoms with Crippen molar-refractivity contribution >= 4 is 27.7 Å². The van der Waals surface area contributed by atoms with Crippen LogP contribution in [0.15, 0.2) is 16.7 Å². The lowest BCUT2D eigenvalue weighted by Gasteiger charge is -2.21. The largest absolute Gasteiger partial charge is 0.362 e. The molecule has 19 heavy (non-hydrogen) atoms. The molecule has 1 amide bonds. The third kappa shape index (κ3) is 3.06. The summed E-state index contributed by atoms with van der Waals surface area (Å²) in [5.74, 6) is 1.16. The predicted molar refractivity (Wildman–Crippen MR) is 79.3 cm³/mol. The first kappa shape index (κ1) is 14.3. The Balaban J connectivity index is 2.26. The zero-order valence-electron chi connectivity index (χ0n) is 11.3. The molecule has 1 aromatic rings. The van der Waals surface area contributed by atoms with E-state index in [4.69, 9.17) is 5.73 Å². The number of anilines is 1. The summed E-state index contributed by atoms with van der Waals surface area (Å²) < 4.78 is 0.816. The van der Waals surface area contributed by atoms with E-state index in [9.17, 15) is 4.79 Å². The number of hydrogen-bond acceptors (Lipinski definition) is 4. The molecule has 104 valence electrons. The number of amides is 1. The van der Waals surface area contributed by atoms with Crippen molar-refractivity contribution in [2.75, 3.05) is 38.6 Å². The smallest absolute Gasteiger partial charge is 0.257 e. The molecule has 5 nitrogen and oxygen atoms in total. The third-order valence-corrected chi connectivity index (χ3v) is 3.83. The van der Waals surface area contributed by atoms with Crippen LogP contribution in [0.4, 0.5) is 5.82 Å². The Morgan fingerprint density at radius 2 is 2.37 bits per heavy atom. The van der Waals surface area contributed by atoms with Crippen LogP contribution < -0.4 is 10.6 Å². The number of hydrogen-bond donors (Lipinski definition) is 1. The molecule has 1 aromatic heterocycles. The highest BCUT2D eigenvalue weighted by atomic mass is 79.9. The van der Waals surface area contributed by atoms with Crippen LogP contribution >= 0.6 is 15.9 Å². The number of rotatable bonds is 3. The van der Waals surface area contributed by atoms with Gasteiger partial charge >= 0.3 is 0 Å². The van der Waals surface area contributed by atoms with Crippen LogP contribution in [0.1, 0.15) is 16.8 Å². The molecule has 0 radical (unpaired) electrons. The molecule has 2 N–H and O–H groups in total. The van der Waals surface area contributed by atoms with Crippen molar-refractivity contribution in [1.29, 1.82) is 0 Å². The molecule has 0 aliphatic carbocycles. The molecule has 0 aromatic carbocycles. The number of aromatic nitrogens is 1. The first-order valence-corrected chi connectivity index (χ1v) is 7.14. The van der Waals surface area contributed by atoms with Gasteiger partial charge in [-0.25, -0.2) is 4.98 Å². The lowest BCUT2D eigenvalue weighted by atomic mass is 10.1. The summed E-state index contributed by atoms with van der Waals surface area (Å²) in [6, 6.07) is 1.83. The molecular weight excluding hydrogens is 308 g/mol. The van der Waals surface area contributed by atoms with Crippen LogP contribution in [0, 0.1) is 5.92 Å². The first-order chi connectivity index (χ1) is 9.02. The van der Waals surface area contributed by atoms with E-state index < -0.39 is 0 Å². The second kappa shape index (κ2) is 5.88. The Hall–Kier alpha value is -1.14. The summed E-state index contributed by atoms with van der Waals surface area (Å²) in [7, 11) is 3.78. The third-order valence-electron chi connectivity index (χ3n) is 3.39. The normalized spacial score (nSPS) is 18.7. The SMILES string of the molecule is CN(C)c1ncc(Br)cc1C(=O)N1CC[C@@H](CN)C1. The molecule has 1 fully saturated rings. The van der Waals surface area contributed by atoms with Crippen LogP contribution in [0.2, 0.25) is 0 Å². The quantitative estimate of drug-likeness (QED) is 0.910. The van der Waals surface area contributed by atoms with E-state index in [0.29, 0.717) is 23.8 Å². The highest BCUT2D eigenvalue weighted by Crippen LogP contribution is 2.24. The van der Waals surface area contributed by atoms with Crippen molar-refractivity contribution in [2.24, 2.45) is 11.7 Å². The fraction of sp³-hybridized carbons (Fsp3) is 0.538. The Kier molecular flexibility index (Phi) is 4.42. The van der Waals surface area contributed by atoms with Crippen molar-refractivity contribution in [1.82, 2.24) is 9.88 Å². The van der Waals surface area contributed by atoms with Gasteiger partial charge in [0.1, 0.15) is 5.82 Å². The lowest BCUT2D eigenvalue weighted by Crippen LogP contribution is -2.31. The van der Waals surface area contributed by atoms with Crippen LogP contribution in [0.25, 0.3) is 0 Å². The summed E-state index contributed by atoms with van der Waals surface area (Å²) in [5, 5.41) is 0. The number of pyridine rings is 1. The van der Waals surface area contributed by atoms with Gasteiger partial charge in [0.15, 0.2) is 0 Å². The topological polar surface area (TPSA) is 62.5 Å². The van der Waals surface area contributed by atoms with Gasteiger partial charge in [0.25, 0.3) is 5.91 Å². The van der Waals surface area contributed by atoms with Crippen molar-refractivity contribution in [3.05, 3.63) is 22.3 Å². The first-order valence-electron chi connectivity index (χ1n) is 6.35. The van der Waals surface area contributed by atoms with E-state index in [2.05, 4.69) is 20.9 Å². The van der Waals surface area contributed by atoms with E-state index in [-0.39, 0.29) is 5.91 Å². The molecule has 6 heteroatoms. The van der Waals surface area contributed by atoms with Gasteiger partial charge < -0.3 is 15.5 Å². The van der Waals surface area contributed by atoms with E-state index in [1.54, 1.807) is 6.20 Å². The minimum absolute atomic E-state index is 0.0356. The number of carbonyl (C=O) groups is 1. The Morgan fingerprint density at radius 1 is 1.63 bits per heavy atom. The maximum Gasteiger partial charge on any atom is 0.257 e.